The van der Waals surface area contributed by atoms with Gasteiger partial charge in [-0.15, -0.1) is 10.2 Å². The summed E-state index contributed by atoms with van der Waals surface area (Å²) < 4.78 is 1.29. The summed E-state index contributed by atoms with van der Waals surface area (Å²) in [5.74, 6) is 0. The van der Waals surface area contributed by atoms with Gasteiger partial charge in [-0.2, -0.15) is 4.68 Å². The number of nitrogens with zero attached hydrogens (tertiary/aromatic N) is 4. The summed E-state index contributed by atoms with van der Waals surface area (Å²) in [4.78, 5) is 12.0. The summed E-state index contributed by atoms with van der Waals surface area (Å²) in [6.45, 7) is 5.78. The molecule has 15 heavy (non-hydrogen) atoms. The van der Waals surface area contributed by atoms with Crippen molar-refractivity contribution in [3.05, 3.63) is 16.0 Å². The first-order chi connectivity index (χ1) is 6.91. The van der Waals surface area contributed by atoms with E-state index in [-0.39, 0.29) is 11.0 Å². The van der Waals surface area contributed by atoms with E-state index >= 15 is 0 Å². The summed E-state index contributed by atoms with van der Waals surface area (Å²) in [7, 11) is 1.56. The minimum atomic E-state index is -0.312. The van der Waals surface area contributed by atoms with Crippen LogP contribution in [0, 0.1) is 0 Å². The Morgan fingerprint density at radius 1 is 1.33 bits per heavy atom. The zero-order chi connectivity index (χ0) is 11.6. The quantitative estimate of drug-likeness (QED) is 0.696. The van der Waals surface area contributed by atoms with Crippen molar-refractivity contribution in [2.75, 3.05) is 13.3 Å². The molecule has 1 radical (unpaired) electrons. The van der Waals surface area contributed by atoms with Crippen molar-refractivity contribution in [2.24, 2.45) is 0 Å². The average Bonchev–Trinajstić information content (AvgIpc) is 2.15. The Labute approximate surface area is 93.3 Å². The first-order valence-electron chi connectivity index (χ1n) is 4.56. The molecule has 0 saturated heterocycles. The molecule has 0 fully saturated rings. The smallest absolute Gasteiger partial charge is 0.265 e. The molecule has 6 heteroatoms. The van der Waals surface area contributed by atoms with Gasteiger partial charge in [-0.3, -0.25) is 4.79 Å². The molecule has 0 spiro atoms. The first-order valence-corrected chi connectivity index (χ1v) is 5.78. The fraction of sp³-hybridized carbons (Fsp3) is 0.667. The van der Waals surface area contributed by atoms with Crippen molar-refractivity contribution in [1.82, 2.24) is 20.3 Å². The van der Waals surface area contributed by atoms with E-state index in [4.69, 9.17) is 0 Å². The van der Waals surface area contributed by atoms with Crippen LogP contribution in [0.2, 0.25) is 0 Å². The van der Waals surface area contributed by atoms with Crippen LogP contribution in [-0.4, -0.2) is 28.2 Å². The Hall–Kier alpha value is -1.04. The fourth-order valence-electron chi connectivity index (χ4n) is 1.14. The van der Waals surface area contributed by atoms with E-state index in [9.17, 15) is 4.79 Å². The largest absolute Gasteiger partial charge is 0.297 e. The molecule has 0 atom stereocenters. The Bertz CT molecular complexity index is 408. The van der Waals surface area contributed by atoms with Crippen LogP contribution in [0.15, 0.2) is 9.95 Å². The lowest BCUT2D eigenvalue weighted by molar-refractivity contribution is 0.468. The Balaban J connectivity index is 3.43. The van der Waals surface area contributed by atoms with Gasteiger partial charge in [0.1, 0.15) is 5.69 Å². The molecule has 0 bridgehead atoms. The maximum absolute atomic E-state index is 12.0. The molecule has 0 unspecified atom stereocenters. The molecular weight excluding hydrogens is 212 g/mol. The van der Waals surface area contributed by atoms with Crippen molar-refractivity contribution in [1.29, 1.82) is 0 Å². The van der Waals surface area contributed by atoms with Gasteiger partial charge in [-0.1, -0.05) is 32.5 Å². The van der Waals surface area contributed by atoms with Crippen LogP contribution in [0.5, 0.6) is 0 Å². The van der Waals surface area contributed by atoms with Crippen LogP contribution < -0.4 is 11.0 Å². The molecule has 0 aromatic carbocycles. The number of hydrogen-bond donors (Lipinski definition) is 0. The highest BCUT2D eigenvalue weighted by Gasteiger charge is 2.23. The van der Waals surface area contributed by atoms with Gasteiger partial charge in [-0.25, -0.2) is 5.43 Å². The first kappa shape index (κ1) is 12.0. The van der Waals surface area contributed by atoms with Crippen LogP contribution in [0.4, 0.5) is 0 Å². The second kappa shape index (κ2) is 4.22. The van der Waals surface area contributed by atoms with Gasteiger partial charge in [0.05, 0.1) is 0 Å². The van der Waals surface area contributed by atoms with E-state index in [2.05, 4.69) is 15.6 Å². The van der Waals surface area contributed by atoms with Gasteiger partial charge in [0.25, 0.3) is 5.56 Å². The predicted molar refractivity (Wildman–Crippen MR) is 60.2 cm³/mol. The molecule has 1 aromatic rings. The second-order valence-electron chi connectivity index (χ2n) is 4.10. The van der Waals surface area contributed by atoms with Crippen molar-refractivity contribution < 1.29 is 0 Å². The van der Waals surface area contributed by atoms with Crippen LogP contribution in [0.25, 0.3) is 0 Å². The summed E-state index contributed by atoms with van der Waals surface area (Å²) in [5.41, 5.74) is 3.83. The van der Waals surface area contributed by atoms with Gasteiger partial charge in [0.15, 0.2) is 0 Å². The van der Waals surface area contributed by atoms with Gasteiger partial charge in [-0.05, 0) is 6.26 Å². The van der Waals surface area contributed by atoms with Gasteiger partial charge in [0, 0.05) is 12.5 Å². The van der Waals surface area contributed by atoms with Crippen molar-refractivity contribution in [2.45, 2.75) is 31.3 Å². The number of aromatic nitrogens is 3. The fourth-order valence-corrected chi connectivity index (χ4v) is 1.60. The van der Waals surface area contributed by atoms with E-state index in [0.29, 0.717) is 10.9 Å². The highest BCUT2D eigenvalue weighted by Crippen LogP contribution is 2.16. The molecule has 1 heterocycles. The lowest BCUT2D eigenvalue weighted by atomic mass is 9.93. The van der Waals surface area contributed by atoms with Crippen LogP contribution >= 0.6 is 11.8 Å². The molecule has 0 aliphatic heterocycles. The predicted octanol–water partition coefficient (Wildman–Crippen LogP) is 0.655. The summed E-state index contributed by atoms with van der Waals surface area (Å²) in [6.07, 6.45) is 1.84. The summed E-state index contributed by atoms with van der Waals surface area (Å²) >= 11 is 1.35. The van der Waals surface area contributed by atoms with Crippen LogP contribution in [0.1, 0.15) is 26.5 Å². The Morgan fingerprint density at radius 2 is 1.93 bits per heavy atom. The number of rotatable bonds is 2. The number of hydrogen-bond acceptors (Lipinski definition) is 4. The van der Waals surface area contributed by atoms with E-state index < -0.39 is 0 Å². The molecular formula is C9H15N4OS. The monoisotopic (exact) mass is 227 g/mol. The maximum Gasteiger partial charge on any atom is 0.297 e. The van der Waals surface area contributed by atoms with E-state index in [1.54, 1.807) is 7.05 Å². The highest BCUT2D eigenvalue weighted by molar-refractivity contribution is 7.98. The lowest BCUT2D eigenvalue weighted by Gasteiger charge is -2.17. The van der Waals surface area contributed by atoms with Gasteiger partial charge >= 0.3 is 0 Å². The average molecular weight is 227 g/mol. The van der Waals surface area contributed by atoms with Crippen molar-refractivity contribution in [3.8, 4) is 0 Å². The van der Waals surface area contributed by atoms with Gasteiger partial charge < -0.3 is 0 Å². The van der Waals surface area contributed by atoms with Gasteiger partial charge in [0.2, 0.25) is 5.16 Å². The van der Waals surface area contributed by atoms with Crippen LogP contribution in [0.3, 0.4) is 0 Å². The third kappa shape index (κ3) is 2.31. The van der Waals surface area contributed by atoms with Crippen molar-refractivity contribution >= 4 is 11.8 Å². The molecule has 0 aliphatic carbocycles. The third-order valence-corrected chi connectivity index (χ3v) is 2.52. The third-order valence-electron chi connectivity index (χ3n) is 1.90. The summed E-state index contributed by atoms with van der Waals surface area (Å²) in [5, 5.41) is 8.45. The van der Waals surface area contributed by atoms with E-state index in [1.807, 2.05) is 27.0 Å². The normalized spacial score (nSPS) is 11.5. The maximum atomic E-state index is 12.0. The highest BCUT2D eigenvalue weighted by atomic mass is 32.2. The molecule has 0 N–H and O–H groups in total. The summed E-state index contributed by atoms with van der Waals surface area (Å²) in [6, 6.07) is 0. The molecule has 5 nitrogen and oxygen atoms in total. The van der Waals surface area contributed by atoms with Crippen LogP contribution in [-0.2, 0) is 5.41 Å². The topological polar surface area (TPSA) is 61.9 Å². The standard InChI is InChI=1S/C9H15N4OS/c1-9(2,3)6-7(14)13(10-4)8(15-5)12-11-6/h1-5H3. The van der Waals surface area contributed by atoms with E-state index in [0.717, 1.165) is 0 Å². The molecule has 0 aliphatic rings. The SMILES string of the molecule is C[N]n1c(SC)nnc(C(C)(C)C)c1=O. The zero-order valence-corrected chi connectivity index (χ0v) is 10.4. The molecule has 1 aromatic heterocycles. The minimum Gasteiger partial charge on any atom is -0.265 e. The lowest BCUT2D eigenvalue weighted by Crippen LogP contribution is -2.37. The minimum absolute atomic E-state index is 0.190. The molecule has 83 valence electrons. The van der Waals surface area contributed by atoms with Crippen molar-refractivity contribution in [3.63, 3.8) is 0 Å². The molecule has 0 saturated carbocycles. The molecule has 0 amide bonds. The second-order valence-corrected chi connectivity index (χ2v) is 4.88. The molecule has 1 rings (SSSR count). The Kier molecular flexibility index (Phi) is 3.38. The zero-order valence-electron chi connectivity index (χ0n) is 9.61. The number of thioether (sulfide) groups is 1. The van der Waals surface area contributed by atoms with E-state index in [1.165, 1.54) is 16.4 Å². The Morgan fingerprint density at radius 3 is 2.33 bits per heavy atom.